The van der Waals surface area contributed by atoms with E-state index >= 15 is 0 Å². The third-order valence-electron chi connectivity index (χ3n) is 2.93. The normalized spacial score (nSPS) is 10.3. The number of carbonyl (C=O) groups excluding carboxylic acids is 1. The molecule has 0 saturated carbocycles. The molecule has 0 radical (unpaired) electrons. The summed E-state index contributed by atoms with van der Waals surface area (Å²) < 4.78 is 4.99. The van der Waals surface area contributed by atoms with Crippen LogP contribution in [0.4, 0.5) is 11.4 Å². The maximum atomic E-state index is 12.1. The lowest BCUT2D eigenvalue weighted by molar-refractivity contribution is -0.384. The number of hydrogen-bond donors (Lipinski definition) is 1. The first kappa shape index (κ1) is 15.9. The Morgan fingerprint density at radius 3 is 2.55 bits per heavy atom. The molecule has 0 aliphatic rings. The van der Waals surface area contributed by atoms with Crippen LogP contribution in [0.15, 0.2) is 42.5 Å². The predicted molar refractivity (Wildman–Crippen MR) is 83.2 cm³/mol. The zero-order chi connectivity index (χ0) is 16.1. The van der Waals surface area contributed by atoms with E-state index in [1.54, 1.807) is 31.4 Å². The number of hydrogen-bond acceptors (Lipinski definition) is 4. The van der Waals surface area contributed by atoms with E-state index in [2.05, 4.69) is 5.32 Å². The topological polar surface area (TPSA) is 81.5 Å². The van der Waals surface area contributed by atoms with Crippen molar-refractivity contribution < 1.29 is 14.5 Å². The molecule has 0 aliphatic heterocycles. The molecule has 2 aromatic rings. The minimum atomic E-state index is -0.600. The lowest BCUT2D eigenvalue weighted by Gasteiger charge is -2.06. The Morgan fingerprint density at radius 1 is 1.27 bits per heavy atom. The number of nitro benzene ring substituents is 1. The third kappa shape index (κ3) is 3.81. The highest BCUT2D eigenvalue weighted by Gasteiger charge is 2.14. The molecule has 0 unspecified atom stereocenters. The van der Waals surface area contributed by atoms with Crippen molar-refractivity contribution in [1.29, 1.82) is 0 Å². The smallest absolute Gasteiger partial charge is 0.289 e. The van der Waals surface area contributed by atoms with E-state index in [-0.39, 0.29) is 16.6 Å². The van der Waals surface area contributed by atoms with E-state index in [0.717, 1.165) is 5.56 Å². The van der Waals surface area contributed by atoms with Crippen LogP contribution in [0.1, 0.15) is 15.9 Å². The first-order valence-corrected chi connectivity index (χ1v) is 6.72. The summed E-state index contributed by atoms with van der Waals surface area (Å²) in [6.45, 7) is 0.464. The van der Waals surface area contributed by atoms with Crippen LogP contribution in [0.3, 0.4) is 0 Å². The molecule has 0 aromatic heterocycles. The molecule has 0 saturated heterocycles. The number of ether oxygens (including phenoxy) is 1. The molecule has 0 aliphatic carbocycles. The van der Waals surface area contributed by atoms with Gasteiger partial charge in [-0.2, -0.15) is 0 Å². The molecule has 0 spiro atoms. The van der Waals surface area contributed by atoms with Crippen LogP contribution in [0, 0.1) is 10.1 Å². The van der Waals surface area contributed by atoms with Crippen LogP contribution in [0.2, 0.25) is 5.02 Å². The summed E-state index contributed by atoms with van der Waals surface area (Å²) in [7, 11) is 1.59. The standard InChI is InChI=1S/C15H13ClN2O4/c1-22-9-10-2-4-11(5-3-10)15(19)17-12-6-7-13(16)14(8-12)18(20)21/h2-8H,9H2,1H3,(H,17,19). The number of halogens is 1. The van der Waals surface area contributed by atoms with Crippen molar-refractivity contribution in [3.8, 4) is 0 Å². The van der Waals surface area contributed by atoms with E-state index in [9.17, 15) is 14.9 Å². The zero-order valence-electron chi connectivity index (χ0n) is 11.7. The number of nitrogens with one attached hydrogen (secondary N) is 1. The minimum absolute atomic E-state index is 0.0203. The second-order valence-corrected chi connectivity index (χ2v) is 4.91. The fraction of sp³-hybridized carbons (Fsp3) is 0.133. The monoisotopic (exact) mass is 320 g/mol. The number of nitrogens with zero attached hydrogens (tertiary/aromatic N) is 1. The van der Waals surface area contributed by atoms with Gasteiger partial charge in [-0.05, 0) is 29.8 Å². The number of anilines is 1. The van der Waals surface area contributed by atoms with E-state index in [4.69, 9.17) is 16.3 Å². The number of nitro groups is 1. The third-order valence-corrected chi connectivity index (χ3v) is 3.25. The Kier molecular flexibility index (Phi) is 5.08. The molecule has 0 fully saturated rings. The van der Waals surface area contributed by atoms with Gasteiger partial charge in [0.05, 0.1) is 11.5 Å². The number of methoxy groups -OCH3 is 1. The molecule has 1 amide bonds. The van der Waals surface area contributed by atoms with Crippen molar-refractivity contribution >= 4 is 28.9 Å². The van der Waals surface area contributed by atoms with Gasteiger partial charge in [0.15, 0.2) is 0 Å². The van der Waals surface area contributed by atoms with Crippen LogP contribution in [-0.2, 0) is 11.3 Å². The average molecular weight is 321 g/mol. The van der Waals surface area contributed by atoms with Crippen molar-refractivity contribution in [3.05, 3.63) is 68.7 Å². The second kappa shape index (κ2) is 7.02. The zero-order valence-corrected chi connectivity index (χ0v) is 12.5. The molecule has 0 atom stereocenters. The Morgan fingerprint density at radius 2 is 1.95 bits per heavy atom. The Bertz CT molecular complexity index is 701. The highest BCUT2D eigenvalue weighted by molar-refractivity contribution is 6.32. The molecular weight excluding hydrogens is 308 g/mol. The van der Waals surface area contributed by atoms with Gasteiger partial charge in [-0.1, -0.05) is 23.7 Å². The Hall–Kier alpha value is -2.44. The van der Waals surface area contributed by atoms with E-state index < -0.39 is 4.92 Å². The van der Waals surface area contributed by atoms with E-state index in [0.29, 0.717) is 17.9 Å². The first-order valence-electron chi connectivity index (χ1n) is 6.34. The molecule has 1 N–H and O–H groups in total. The van der Waals surface area contributed by atoms with Crippen LogP contribution in [0.5, 0.6) is 0 Å². The molecule has 0 bridgehead atoms. The van der Waals surface area contributed by atoms with Crippen LogP contribution < -0.4 is 5.32 Å². The molecule has 114 valence electrons. The maximum Gasteiger partial charge on any atom is 0.289 e. The molecule has 2 rings (SSSR count). The average Bonchev–Trinajstić information content (AvgIpc) is 2.50. The molecule has 0 heterocycles. The highest BCUT2D eigenvalue weighted by Crippen LogP contribution is 2.27. The van der Waals surface area contributed by atoms with Crippen molar-refractivity contribution in [2.45, 2.75) is 6.61 Å². The SMILES string of the molecule is COCc1ccc(C(=O)Nc2ccc(Cl)c([N+](=O)[O-])c2)cc1. The summed E-state index contributed by atoms with van der Waals surface area (Å²) in [6.07, 6.45) is 0. The van der Waals surface area contributed by atoms with Crippen molar-refractivity contribution in [3.63, 3.8) is 0 Å². The molecule has 2 aromatic carbocycles. The van der Waals surface area contributed by atoms with Crippen LogP contribution in [0.25, 0.3) is 0 Å². The number of amides is 1. The van der Waals surface area contributed by atoms with Gasteiger partial charge in [-0.25, -0.2) is 0 Å². The fourth-order valence-electron chi connectivity index (χ4n) is 1.85. The number of benzene rings is 2. The lowest BCUT2D eigenvalue weighted by atomic mass is 10.1. The van der Waals surface area contributed by atoms with E-state index in [1.165, 1.54) is 18.2 Å². The molecule has 6 nitrogen and oxygen atoms in total. The van der Waals surface area contributed by atoms with Gasteiger partial charge < -0.3 is 10.1 Å². The van der Waals surface area contributed by atoms with Crippen molar-refractivity contribution in [1.82, 2.24) is 0 Å². The van der Waals surface area contributed by atoms with Crippen molar-refractivity contribution in [2.24, 2.45) is 0 Å². The first-order chi connectivity index (χ1) is 10.5. The van der Waals surface area contributed by atoms with E-state index in [1.807, 2.05) is 0 Å². The van der Waals surface area contributed by atoms with Gasteiger partial charge in [-0.15, -0.1) is 0 Å². The van der Waals surface area contributed by atoms with Crippen LogP contribution in [-0.4, -0.2) is 17.9 Å². The summed E-state index contributed by atoms with van der Waals surface area (Å²) in [5, 5.41) is 13.4. The lowest BCUT2D eigenvalue weighted by Crippen LogP contribution is -2.12. The van der Waals surface area contributed by atoms with Crippen molar-refractivity contribution in [2.75, 3.05) is 12.4 Å². The number of carbonyl (C=O) groups is 1. The predicted octanol–water partition coefficient (Wildman–Crippen LogP) is 3.65. The van der Waals surface area contributed by atoms with Crippen LogP contribution >= 0.6 is 11.6 Å². The second-order valence-electron chi connectivity index (χ2n) is 4.51. The van der Waals surface area contributed by atoms with Gasteiger partial charge in [-0.3, -0.25) is 14.9 Å². The summed E-state index contributed by atoms with van der Waals surface area (Å²) in [6, 6.07) is 11.0. The summed E-state index contributed by atoms with van der Waals surface area (Å²) in [4.78, 5) is 22.3. The van der Waals surface area contributed by atoms with Gasteiger partial charge in [0.25, 0.3) is 11.6 Å². The van der Waals surface area contributed by atoms with Gasteiger partial charge in [0, 0.05) is 24.4 Å². The Labute approximate surface area is 131 Å². The largest absolute Gasteiger partial charge is 0.380 e. The van der Waals surface area contributed by atoms with Gasteiger partial charge in [0.2, 0.25) is 0 Å². The maximum absolute atomic E-state index is 12.1. The minimum Gasteiger partial charge on any atom is -0.380 e. The highest BCUT2D eigenvalue weighted by atomic mass is 35.5. The molecule has 22 heavy (non-hydrogen) atoms. The summed E-state index contributed by atoms with van der Waals surface area (Å²) >= 11 is 5.73. The summed E-state index contributed by atoms with van der Waals surface area (Å²) in [5.41, 5.74) is 1.44. The van der Waals surface area contributed by atoms with Gasteiger partial charge in [0.1, 0.15) is 5.02 Å². The summed E-state index contributed by atoms with van der Waals surface area (Å²) in [5.74, 6) is -0.361. The molecule has 7 heteroatoms. The Balaban J connectivity index is 2.14. The number of rotatable bonds is 5. The molecular formula is C15H13ClN2O4. The quantitative estimate of drug-likeness (QED) is 0.673. The van der Waals surface area contributed by atoms with Gasteiger partial charge >= 0.3 is 0 Å². The fourth-order valence-corrected chi connectivity index (χ4v) is 2.04.